The SMILES string of the molecule is CC.CNC(=O)c1ccc(Nc2ncc(C(F)(F)F)c(NCc3nccnc3N(C)S(C)(=O)=O)n2)cc1. The molecule has 15 heteroatoms. The number of hydrogen-bond donors (Lipinski definition) is 3. The van der Waals surface area contributed by atoms with Crippen molar-refractivity contribution in [3.05, 3.63) is 59.7 Å². The van der Waals surface area contributed by atoms with Gasteiger partial charge in [-0.2, -0.15) is 18.2 Å². The van der Waals surface area contributed by atoms with Crippen molar-refractivity contribution >= 4 is 39.2 Å². The van der Waals surface area contributed by atoms with E-state index in [0.29, 0.717) is 17.4 Å². The van der Waals surface area contributed by atoms with Gasteiger partial charge in [-0.05, 0) is 24.3 Å². The number of sulfonamides is 1. The second-order valence-corrected chi connectivity index (χ2v) is 9.16. The van der Waals surface area contributed by atoms with Gasteiger partial charge in [0.05, 0.1) is 12.8 Å². The summed E-state index contributed by atoms with van der Waals surface area (Å²) in [4.78, 5) is 27.3. The third-order valence-electron chi connectivity index (χ3n) is 4.70. The molecular weight excluding hydrogens is 513 g/mol. The highest BCUT2D eigenvalue weighted by atomic mass is 32.2. The Balaban J connectivity index is 0.00000235. The molecule has 0 spiro atoms. The van der Waals surface area contributed by atoms with Gasteiger partial charge in [-0.25, -0.2) is 18.4 Å². The van der Waals surface area contributed by atoms with Crippen molar-refractivity contribution in [2.24, 2.45) is 0 Å². The molecule has 11 nitrogen and oxygen atoms in total. The van der Waals surface area contributed by atoms with Crippen LogP contribution in [-0.4, -0.2) is 54.6 Å². The van der Waals surface area contributed by atoms with E-state index in [4.69, 9.17) is 0 Å². The number of amides is 1. The molecule has 0 aliphatic carbocycles. The zero-order valence-electron chi connectivity index (χ0n) is 20.8. The predicted molar refractivity (Wildman–Crippen MR) is 134 cm³/mol. The summed E-state index contributed by atoms with van der Waals surface area (Å²) in [6.07, 6.45) is -0.619. The third kappa shape index (κ3) is 7.73. The molecule has 0 saturated heterocycles. The van der Waals surface area contributed by atoms with Gasteiger partial charge in [0.25, 0.3) is 5.91 Å². The summed E-state index contributed by atoms with van der Waals surface area (Å²) in [5.41, 5.74) is -0.201. The Kier molecular flexibility index (Phi) is 9.71. The van der Waals surface area contributed by atoms with Gasteiger partial charge < -0.3 is 16.0 Å². The second-order valence-electron chi connectivity index (χ2n) is 7.15. The highest BCUT2D eigenvalue weighted by Gasteiger charge is 2.35. The van der Waals surface area contributed by atoms with E-state index in [1.165, 1.54) is 38.6 Å². The van der Waals surface area contributed by atoms with E-state index in [9.17, 15) is 26.4 Å². The summed E-state index contributed by atoms with van der Waals surface area (Å²) in [5.74, 6) is -1.02. The first-order valence-corrected chi connectivity index (χ1v) is 12.8. The van der Waals surface area contributed by atoms with E-state index < -0.39 is 27.6 Å². The number of hydrogen-bond acceptors (Lipinski definition) is 9. The Morgan fingerprint density at radius 3 is 2.24 bits per heavy atom. The van der Waals surface area contributed by atoms with Crippen molar-refractivity contribution in [1.29, 1.82) is 0 Å². The normalized spacial score (nSPS) is 11.1. The molecule has 0 bridgehead atoms. The van der Waals surface area contributed by atoms with Gasteiger partial charge in [0, 0.05) is 43.9 Å². The molecule has 2 heterocycles. The van der Waals surface area contributed by atoms with Crippen LogP contribution in [0, 0.1) is 0 Å². The molecule has 1 amide bonds. The van der Waals surface area contributed by atoms with Gasteiger partial charge in [-0.3, -0.25) is 14.1 Å². The lowest BCUT2D eigenvalue weighted by atomic mass is 10.2. The molecule has 0 unspecified atom stereocenters. The number of halogens is 3. The van der Waals surface area contributed by atoms with Gasteiger partial charge in [-0.15, -0.1) is 0 Å². The minimum absolute atomic E-state index is 0.0420. The number of rotatable bonds is 8. The van der Waals surface area contributed by atoms with E-state index >= 15 is 0 Å². The van der Waals surface area contributed by atoms with E-state index in [1.54, 1.807) is 12.1 Å². The van der Waals surface area contributed by atoms with Crippen molar-refractivity contribution < 1.29 is 26.4 Å². The largest absolute Gasteiger partial charge is 0.421 e. The van der Waals surface area contributed by atoms with E-state index in [1.807, 2.05) is 13.8 Å². The Labute approximate surface area is 212 Å². The second kappa shape index (κ2) is 12.3. The average Bonchev–Trinajstić information content (AvgIpc) is 2.87. The van der Waals surface area contributed by atoms with Crippen LogP contribution >= 0.6 is 0 Å². The van der Waals surface area contributed by atoms with Crippen LogP contribution < -0.4 is 20.3 Å². The maximum Gasteiger partial charge on any atom is 0.421 e. The first-order chi connectivity index (χ1) is 17.4. The number of nitrogens with one attached hydrogen (secondary N) is 3. The molecule has 0 aliphatic heterocycles. The average molecular weight is 541 g/mol. The molecule has 0 fully saturated rings. The Bertz CT molecular complexity index is 1320. The quantitative estimate of drug-likeness (QED) is 0.392. The molecular formula is C22H27F3N8O3S. The van der Waals surface area contributed by atoms with Gasteiger partial charge in [0.15, 0.2) is 5.82 Å². The van der Waals surface area contributed by atoms with Crippen LogP contribution in [0.5, 0.6) is 0 Å². The first-order valence-electron chi connectivity index (χ1n) is 10.9. The van der Waals surface area contributed by atoms with Crippen molar-refractivity contribution in [1.82, 2.24) is 25.3 Å². The van der Waals surface area contributed by atoms with Crippen molar-refractivity contribution in [3.63, 3.8) is 0 Å². The molecule has 3 aromatic rings. The van der Waals surface area contributed by atoms with Crippen molar-refractivity contribution in [2.75, 3.05) is 35.3 Å². The van der Waals surface area contributed by atoms with E-state index in [2.05, 4.69) is 35.9 Å². The lowest BCUT2D eigenvalue weighted by Gasteiger charge is -2.19. The van der Waals surface area contributed by atoms with Crippen LogP contribution in [0.3, 0.4) is 0 Å². The lowest BCUT2D eigenvalue weighted by Crippen LogP contribution is -2.27. The molecule has 3 rings (SSSR count). The van der Waals surface area contributed by atoms with Crippen LogP contribution in [0.2, 0.25) is 0 Å². The summed E-state index contributed by atoms with van der Waals surface area (Å²) in [6, 6.07) is 6.15. The predicted octanol–water partition coefficient (Wildman–Crippen LogP) is 3.42. The fourth-order valence-electron chi connectivity index (χ4n) is 2.83. The molecule has 0 radical (unpaired) electrons. The molecule has 0 atom stereocenters. The molecule has 0 aliphatic rings. The summed E-state index contributed by atoms with van der Waals surface area (Å²) >= 11 is 0. The number of carbonyl (C=O) groups excluding carboxylic acids is 1. The zero-order valence-corrected chi connectivity index (χ0v) is 21.6. The topological polar surface area (TPSA) is 142 Å². The van der Waals surface area contributed by atoms with Gasteiger partial charge >= 0.3 is 6.18 Å². The Morgan fingerprint density at radius 1 is 1.05 bits per heavy atom. The Hall–Kier alpha value is -4.01. The van der Waals surface area contributed by atoms with Gasteiger partial charge in [-0.1, -0.05) is 13.8 Å². The van der Waals surface area contributed by atoms with Crippen LogP contribution in [0.1, 0.15) is 35.5 Å². The van der Waals surface area contributed by atoms with Gasteiger partial charge in [0.2, 0.25) is 16.0 Å². The number of carbonyl (C=O) groups is 1. The summed E-state index contributed by atoms with van der Waals surface area (Å²) < 4.78 is 65.3. The molecule has 0 saturated carbocycles. The fraction of sp³-hybridized carbons (Fsp3) is 0.318. The standard InChI is InChI=1S/C20H21F3N8O3S.C2H6/c1-24-18(32)12-4-6-13(7-5-12)29-19-28-10-14(20(21,22)23)16(30-19)27-11-15-17(26-9-8-25-15)31(2)35(3,33)34;1-2/h4-10H,11H2,1-3H3,(H,24,32)(H2,27,28,29,30);1-2H3. The van der Waals surface area contributed by atoms with Crippen LogP contribution in [0.25, 0.3) is 0 Å². The summed E-state index contributed by atoms with van der Waals surface area (Å²) in [6.45, 7) is 3.70. The third-order valence-corrected chi connectivity index (χ3v) is 5.86. The number of alkyl halides is 3. The summed E-state index contributed by atoms with van der Waals surface area (Å²) in [7, 11) is -0.938. The molecule has 37 heavy (non-hydrogen) atoms. The smallest absolute Gasteiger partial charge is 0.364 e. The van der Waals surface area contributed by atoms with Crippen molar-refractivity contribution in [3.8, 4) is 0 Å². The molecule has 1 aromatic carbocycles. The number of nitrogens with zero attached hydrogens (tertiary/aromatic N) is 5. The number of aromatic nitrogens is 4. The van der Waals surface area contributed by atoms with E-state index in [-0.39, 0.29) is 29.9 Å². The minimum Gasteiger partial charge on any atom is -0.364 e. The molecule has 3 N–H and O–H groups in total. The van der Waals surface area contributed by atoms with E-state index in [0.717, 1.165) is 10.6 Å². The van der Waals surface area contributed by atoms with Gasteiger partial charge in [0.1, 0.15) is 17.1 Å². The molecule has 2 aromatic heterocycles. The van der Waals surface area contributed by atoms with Crippen LogP contribution in [0.15, 0.2) is 42.9 Å². The monoisotopic (exact) mass is 540 g/mol. The Morgan fingerprint density at radius 2 is 1.68 bits per heavy atom. The summed E-state index contributed by atoms with van der Waals surface area (Å²) in [5, 5.41) is 7.81. The highest BCUT2D eigenvalue weighted by Crippen LogP contribution is 2.34. The highest BCUT2D eigenvalue weighted by molar-refractivity contribution is 7.92. The van der Waals surface area contributed by atoms with Crippen LogP contribution in [-0.2, 0) is 22.7 Å². The number of anilines is 4. The lowest BCUT2D eigenvalue weighted by molar-refractivity contribution is -0.137. The maximum atomic E-state index is 13.6. The minimum atomic E-state index is -4.76. The van der Waals surface area contributed by atoms with Crippen LogP contribution in [0.4, 0.5) is 36.4 Å². The first kappa shape index (κ1) is 29.2. The number of benzene rings is 1. The molecule has 200 valence electrons. The van der Waals surface area contributed by atoms with Crippen molar-refractivity contribution in [2.45, 2.75) is 26.6 Å². The maximum absolute atomic E-state index is 13.6. The zero-order chi connectivity index (χ0) is 27.8. The fourth-order valence-corrected chi connectivity index (χ4v) is 3.30.